The van der Waals surface area contributed by atoms with Gasteiger partial charge in [0.05, 0.1) is 5.97 Å². The third-order valence-corrected chi connectivity index (χ3v) is 2.48. The average Bonchev–Trinajstić information content (AvgIpc) is 2.83. The number of nitrogens with one attached hydrogen (secondary N) is 1. The molecule has 1 aromatic rings. The molecule has 19 heavy (non-hydrogen) atoms. The molecule has 1 heterocycles. The maximum Gasteiger partial charge on any atom is 1.00 e. The Bertz CT molecular complexity index is 432. The van der Waals surface area contributed by atoms with Crippen molar-refractivity contribution in [2.24, 2.45) is 0 Å². The van der Waals surface area contributed by atoms with Crippen molar-refractivity contribution in [1.82, 2.24) is 5.32 Å². The Kier molecular flexibility index (Phi) is 7.92. The molecular formula is C12H14LiNO5. The number of rotatable bonds is 2. The van der Waals surface area contributed by atoms with E-state index in [2.05, 4.69) is 5.32 Å². The molecule has 1 saturated heterocycles. The molecule has 7 heteroatoms. The minimum atomic E-state index is -1.36. The number of aromatic carboxylic acids is 1. The van der Waals surface area contributed by atoms with Crippen molar-refractivity contribution < 1.29 is 43.8 Å². The van der Waals surface area contributed by atoms with E-state index in [-0.39, 0.29) is 36.2 Å². The number of hydrogen-bond donors (Lipinski definition) is 3. The second-order valence-corrected chi connectivity index (χ2v) is 3.79. The number of phenols is 1. The van der Waals surface area contributed by atoms with Gasteiger partial charge >= 0.3 is 24.8 Å². The summed E-state index contributed by atoms with van der Waals surface area (Å²) in [6.45, 7) is 0.858. The van der Waals surface area contributed by atoms with Gasteiger partial charge in [-0.1, -0.05) is 12.1 Å². The predicted molar refractivity (Wildman–Crippen MR) is 61.1 cm³/mol. The van der Waals surface area contributed by atoms with Crippen molar-refractivity contribution in [2.45, 2.75) is 18.9 Å². The summed E-state index contributed by atoms with van der Waals surface area (Å²) in [6.07, 6.45) is 1.78. The van der Waals surface area contributed by atoms with Crippen LogP contribution in [-0.2, 0) is 4.79 Å². The van der Waals surface area contributed by atoms with Crippen molar-refractivity contribution in [3.05, 3.63) is 29.8 Å². The summed E-state index contributed by atoms with van der Waals surface area (Å²) >= 11 is 0. The number of hydrogen-bond acceptors (Lipinski definition) is 5. The molecule has 98 valence electrons. The molecule has 1 atom stereocenters. The van der Waals surface area contributed by atoms with E-state index in [0.717, 1.165) is 19.4 Å². The molecule has 0 bridgehead atoms. The summed E-state index contributed by atoms with van der Waals surface area (Å²) in [5.41, 5.74) is -0.178. The first-order valence-corrected chi connectivity index (χ1v) is 5.48. The van der Waals surface area contributed by atoms with Gasteiger partial charge in [-0.2, -0.15) is 0 Å². The third kappa shape index (κ3) is 5.79. The third-order valence-electron chi connectivity index (χ3n) is 2.48. The Labute approximate surface area is 122 Å². The summed E-state index contributed by atoms with van der Waals surface area (Å²) in [7, 11) is 0. The topological polar surface area (TPSA) is 110 Å². The van der Waals surface area contributed by atoms with Crippen molar-refractivity contribution in [3.8, 4) is 5.75 Å². The minimum Gasteiger partial charge on any atom is -0.545 e. The molecule has 0 unspecified atom stereocenters. The van der Waals surface area contributed by atoms with E-state index in [1.165, 1.54) is 18.2 Å². The van der Waals surface area contributed by atoms with Crippen LogP contribution in [0.15, 0.2) is 24.3 Å². The molecule has 1 aliphatic heterocycles. The first-order valence-electron chi connectivity index (χ1n) is 5.48. The fourth-order valence-corrected chi connectivity index (χ4v) is 1.54. The predicted octanol–water partition coefficient (Wildman–Crippen LogP) is -3.42. The Hall–Kier alpha value is -1.48. The van der Waals surface area contributed by atoms with Crippen LogP contribution in [0.5, 0.6) is 5.75 Å². The monoisotopic (exact) mass is 259 g/mol. The van der Waals surface area contributed by atoms with Crippen LogP contribution in [0, 0.1) is 0 Å². The quantitative estimate of drug-likeness (QED) is 0.477. The number of carbonyl (C=O) groups excluding carboxylic acids is 1. The SMILES string of the molecule is O=C(O)[C@@H]1CCCN1.O=C([O-])c1ccccc1O.[Li+]. The Morgan fingerprint density at radius 1 is 1.32 bits per heavy atom. The smallest absolute Gasteiger partial charge is 0.545 e. The van der Waals surface area contributed by atoms with Crippen LogP contribution >= 0.6 is 0 Å². The van der Waals surface area contributed by atoms with Crippen molar-refractivity contribution in [1.29, 1.82) is 0 Å². The number of benzene rings is 1. The molecule has 0 spiro atoms. The van der Waals surface area contributed by atoms with Gasteiger partial charge in [-0.25, -0.2) is 0 Å². The van der Waals surface area contributed by atoms with Crippen molar-refractivity contribution in [3.63, 3.8) is 0 Å². The summed E-state index contributed by atoms with van der Waals surface area (Å²) in [4.78, 5) is 20.3. The molecule has 3 N–H and O–H groups in total. The van der Waals surface area contributed by atoms with Gasteiger partial charge in [0.15, 0.2) is 0 Å². The van der Waals surface area contributed by atoms with Crippen LogP contribution < -0.4 is 29.3 Å². The average molecular weight is 259 g/mol. The van der Waals surface area contributed by atoms with E-state index < -0.39 is 11.9 Å². The van der Waals surface area contributed by atoms with Gasteiger partial charge in [0, 0.05) is 5.56 Å². The maximum absolute atomic E-state index is 10.2. The summed E-state index contributed by atoms with van der Waals surface area (Å²) in [6, 6.07) is 5.37. The van der Waals surface area contributed by atoms with Gasteiger partial charge in [-0.3, -0.25) is 4.79 Å². The largest absolute Gasteiger partial charge is 1.00 e. The molecule has 0 aliphatic carbocycles. The van der Waals surface area contributed by atoms with Crippen molar-refractivity contribution >= 4 is 11.9 Å². The van der Waals surface area contributed by atoms with Gasteiger partial charge in [0.1, 0.15) is 11.8 Å². The molecule has 0 amide bonds. The van der Waals surface area contributed by atoms with Crippen LogP contribution in [0.3, 0.4) is 0 Å². The van der Waals surface area contributed by atoms with Gasteiger partial charge in [0.2, 0.25) is 0 Å². The van der Waals surface area contributed by atoms with Crippen molar-refractivity contribution in [2.75, 3.05) is 6.54 Å². The van der Waals surface area contributed by atoms with E-state index >= 15 is 0 Å². The summed E-state index contributed by atoms with van der Waals surface area (Å²) < 4.78 is 0. The summed E-state index contributed by atoms with van der Waals surface area (Å²) in [5, 5.41) is 30.2. The molecule has 1 fully saturated rings. The molecule has 2 rings (SSSR count). The van der Waals surface area contributed by atoms with Crippen LogP contribution in [0.4, 0.5) is 0 Å². The summed E-state index contributed by atoms with van der Waals surface area (Å²) in [5.74, 6) is -2.34. The normalized spacial score (nSPS) is 16.7. The van der Waals surface area contributed by atoms with Gasteiger partial charge in [-0.15, -0.1) is 0 Å². The van der Waals surface area contributed by atoms with E-state index in [9.17, 15) is 14.7 Å². The number of aromatic hydroxyl groups is 1. The fraction of sp³-hybridized carbons (Fsp3) is 0.333. The number of carboxylic acid groups (broad SMARTS) is 2. The molecular weight excluding hydrogens is 245 g/mol. The number of carbonyl (C=O) groups is 2. The molecule has 1 aliphatic rings. The number of carboxylic acids is 2. The maximum atomic E-state index is 10.2. The first-order chi connectivity index (χ1) is 8.52. The van der Waals surface area contributed by atoms with Crippen LogP contribution in [0.2, 0.25) is 0 Å². The zero-order valence-corrected chi connectivity index (χ0v) is 10.6. The number of para-hydroxylation sites is 1. The first kappa shape index (κ1) is 17.5. The Balaban J connectivity index is 0.000000331. The molecule has 0 radical (unpaired) electrons. The van der Waals surface area contributed by atoms with E-state index in [1.54, 1.807) is 6.07 Å². The van der Waals surface area contributed by atoms with Gasteiger partial charge in [-0.05, 0) is 31.5 Å². The zero-order valence-electron chi connectivity index (χ0n) is 10.6. The second kappa shape index (κ2) is 8.59. The standard InChI is InChI=1S/C7H6O3.C5H9NO2.Li/c8-6-4-2-1-3-5(6)7(9)10;7-5(8)4-2-1-3-6-4;/h1-4,8H,(H,9,10);4,6H,1-3H2,(H,7,8);/q;;+1/p-1/t;4-;/m.0./s1. The molecule has 6 nitrogen and oxygen atoms in total. The van der Waals surface area contributed by atoms with Gasteiger partial charge in [0.25, 0.3) is 0 Å². The number of aliphatic carboxylic acids is 1. The van der Waals surface area contributed by atoms with Crippen LogP contribution in [-0.4, -0.2) is 34.7 Å². The second-order valence-electron chi connectivity index (χ2n) is 3.79. The van der Waals surface area contributed by atoms with Gasteiger partial charge < -0.3 is 25.4 Å². The Morgan fingerprint density at radius 2 is 1.95 bits per heavy atom. The van der Waals surface area contributed by atoms with Crippen LogP contribution in [0.1, 0.15) is 23.2 Å². The fourth-order valence-electron chi connectivity index (χ4n) is 1.54. The molecule has 0 saturated carbocycles. The van der Waals surface area contributed by atoms with E-state index in [4.69, 9.17) is 10.2 Å². The zero-order chi connectivity index (χ0) is 13.5. The van der Waals surface area contributed by atoms with Crippen LogP contribution in [0.25, 0.3) is 0 Å². The Morgan fingerprint density at radius 3 is 2.26 bits per heavy atom. The van der Waals surface area contributed by atoms with E-state index in [0.29, 0.717) is 0 Å². The molecule has 0 aromatic heterocycles. The van der Waals surface area contributed by atoms with E-state index in [1.807, 2.05) is 0 Å². The molecule has 1 aromatic carbocycles. The minimum absolute atomic E-state index is 0.